The third-order valence-electron chi connectivity index (χ3n) is 5.41. The topological polar surface area (TPSA) is 111 Å². The standard InChI is InChI=1S/C28H37NO7/c1-26(2,3)24(32)35-20-15-14-18(16-21(20)36-25(33)27(4,5)6)28(7,8)23(31)29-22(30)17-34-19-12-10-9-11-13-19/h9-16,23,31H,17H2,1-8H3,(H,29,30). The molecule has 36 heavy (non-hydrogen) atoms. The maximum Gasteiger partial charge on any atom is 0.316 e. The van der Waals surface area contributed by atoms with E-state index in [1.54, 1.807) is 85.7 Å². The van der Waals surface area contributed by atoms with Gasteiger partial charge in [0.2, 0.25) is 0 Å². The second-order valence-electron chi connectivity index (χ2n) is 11.2. The fraction of sp³-hybridized carbons (Fsp3) is 0.464. The van der Waals surface area contributed by atoms with Gasteiger partial charge in [0.25, 0.3) is 5.91 Å². The van der Waals surface area contributed by atoms with Crippen molar-refractivity contribution < 1.29 is 33.7 Å². The number of ether oxygens (including phenoxy) is 3. The first-order chi connectivity index (χ1) is 16.5. The molecule has 0 aromatic heterocycles. The molecule has 2 rings (SSSR count). The van der Waals surface area contributed by atoms with Crippen molar-refractivity contribution in [2.24, 2.45) is 10.8 Å². The minimum Gasteiger partial charge on any atom is -0.484 e. The van der Waals surface area contributed by atoms with Gasteiger partial charge in [0.05, 0.1) is 10.8 Å². The van der Waals surface area contributed by atoms with Gasteiger partial charge in [-0.05, 0) is 71.4 Å². The summed E-state index contributed by atoms with van der Waals surface area (Å²) in [6.45, 7) is 13.5. The van der Waals surface area contributed by atoms with Crippen LogP contribution in [0.3, 0.4) is 0 Å². The fourth-order valence-electron chi connectivity index (χ4n) is 2.78. The van der Waals surface area contributed by atoms with E-state index in [1.807, 2.05) is 6.07 Å². The molecule has 1 amide bonds. The molecule has 196 valence electrons. The molecule has 0 aliphatic heterocycles. The maximum absolute atomic E-state index is 12.6. The van der Waals surface area contributed by atoms with Crippen LogP contribution in [0.1, 0.15) is 61.0 Å². The van der Waals surface area contributed by atoms with E-state index in [4.69, 9.17) is 14.2 Å². The van der Waals surface area contributed by atoms with Gasteiger partial charge in [0, 0.05) is 5.41 Å². The molecule has 0 aliphatic rings. The van der Waals surface area contributed by atoms with Crippen LogP contribution in [-0.2, 0) is 19.8 Å². The van der Waals surface area contributed by atoms with Crippen molar-refractivity contribution in [3.63, 3.8) is 0 Å². The molecule has 8 heteroatoms. The molecule has 0 aliphatic carbocycles. The predicted octanol–water partition coefficient (Wildman–Crippen LogP) is 4.38. The van der Waals surface area contributed by atoms with Crippen molar-refractivity contribution >= 4 is 17.8 Å². The summed E-state index contributed by atoms with van der Waals surface area (Å²) in [7, 11) is 0. The highest BCUT2D eigenvalue weighted by Gasteiger charge is 2.34. The molecule has 1 atom stereocenters. The Morgan fingerprint density at radius 3 is 1.86 bits per heavy atom. The number of esters is 2. The lowest BCUT2D eigenvalue weighted by Crippen LogP contribution is -2.48. The van der Waals surface area contributed by atoms with Crippen LogP contribution >= 0.6 is 0 Å². The lowest BCUT2D eigenvalue weighted by atomic mass is 9.82. The van der Waals surface area contributed by atoms with Gasteiger partial charge in [0.15, 0.2) is 18.1 Å². The highest BCUT2D eigenvalue weighted by molar-refractivity contribution is 5.81. The Balaban J connectivity index is 2.26. The molecule has 0 heterocycles. The van der Waals surface area contributed by atoms with Crippen LogP contribution in [0.15, 0.2) is 48.5 Å². The van der Waals surface area contributed by atoms with Crippen LogP contribution in [0.25, 0.3) is 0 Å². The molecule has 0 saturated carbocycles. The smallest absolute Gasteiger partial charge is 0.316 e. The van der Waals surface area contributed by atoms with E-state index < -0.39 is 40.3 Å². The Morgan fingerprint density at radius 1 is 0.806 bits per heavy atom. The maximum atomic E-state index is 12.6. The molecule has 0 saturated heterocycles. The van der Waals surface area contributed by atoms with Gasteiger partial charge in [-0.15, -0.1) is 0 Å². The second-order valence-corrected chi connectivity index (χ2v) is 11.2. The van der Waals surface area contributed by atoms with Gasteiger partial charge in [-0.2, -0.15) is 0 Å². The van der Waals surface area contributed by atoms with Crippen molar-refractivity contribution in [3.8, 4) is 17.2 Å². The van der Waals surface area contributed by atoms with E-state index in [0.717, 1.165) is 0 Å². The number of hydrogen-bond donors (Lipinski definition) is 2. The monoisotopic (exact) mass is 499 g/mol. The number of rotatable bonds is 8. The highest BCUT2D eigenvalue weighted by atomic mass is 16.6. The summed E-state index contributed by atoms with van der Waals surface area (Å²) in [4.78, 5) is 37.5. The molecular formula is C28H37NO7. The summed E-state index contributed by atoms with van der Waals surface area (Å²) in [5, 5.41) is 13.4. The van der Waals surface area contributed by atoms with Crippen LogP contribution in [0.2, 0.25) is 0 Å². The summed E-state index contributed by atoms with van der Waals surface area (Å²) in [5.41, 5.74) is -2.03. The highest BCUT2D eigenvalue weighted by Crippen LogP contribution is 2.37. The summed E-state index contributed by atoms with van der Waals surface area (Å²) in [6.07, 6.45) is -1.29. The lowest BCUT2D eigenvalue weighted by molar-refractivity contribution is -0.145. The first kappa shape index (κ1) is 28.8. The fourth-order valence-corrected chi connectivity index (χ4v) is 2.78. The molecule has 0 bridgehead atoms. The number of aliphatic hydroxyl groups is 1. The Bertz CT molecular complexity index is 1080. The van der Waals surface area contributed by atoms with Crippen LogP contribution < -0.4 is 19.5 Å². The Labute approximate surface area is 212 Å². The van der Waals surface area contributed by atoms with Gasteiger partial charge in [0.1, 0.15) is 12.0 Å². The van der Waals surface area contributed by atoms with Gasteiger partial charge in [-0.1, -0.05) is 38.1 Å². The van der Waals surface area contributed by atoms with Crippen LogP contribution in [-0.4, -0.2) is 35.8 Å². The molecule has 8 nitrogen and oxygen atoms in total. The second kappa shape index (κ2) is 11.1. The molecule has 0 fully saturated rings. The number of aliphatic hydroxyl groups excluding tert-OH is 1. The van der Waals surface area contributed by atoms with Crippen molar-refractivity contribution in [1.82, 2.24) is 5.32 Å². The number of para-hydroxylation sites is 1. The van der Waals surface area contributed by atoms with E-state index in [1.165, 1.54) is 12.1 Å². The van der Waals surface area contributed by atoms with Gasteiger partial charge in [-0.25, -0.2) is 0 Å². The zero-order valence-corrected chi connectivity index (χ0v) is 22.3. The third-order valence-corrected chi connectivity index (χ3v) is 5.41. The lowest BCUT2D eigenvalue weighted by Gasteiger charge is -2.32. The number of hydrogen-bond acceptors (Lipinski definition) is 7. The van der Waals surface area contributed by atoms with Crippen molar-refractivity contribution in [3.05, 3.63) is 54.1 Å². The zero-order chi connectivity index (χ0) is 27.3. The summed E-state index contributed by atoms with van der Waals surface area (Å²) >= 11 is 0. The Morgan fingerprint density at radius 2 is 1.33 bits per heavy atom. The number of nitrogens with one attached hydrogen (secondary N) is 1. The number of benzene rings is 2. The summed E-state index contributed by atoms with van der Waals surface area (Å²) in [6, 6.07) is 13.6. The van der Waals surface area contributed by atoms with E-state index in [9.17, 15) is 19.5 Å². The van der Waals surface area contributed by atoms with Crippen molar-refractivity contribution in [2.45, 2.75) is 67.0 Å². The largest absolute Gasteiger partial charge is 0.484 e. The third kappa shape index (κ3) is 7.81. The molecule has 0 radical (unpaired) electrons. The molecular weight excluding hydrogens is 462 g/mol. The Hall–Kier alpha value is -3.39. The summed E-state index contributed by atoms with van der Waals surface area (Å²) in [5.74, 6) is -0.849. The molecule has 2 aromatic rings. The van der Waals surface area contributed by atoms with E-state index in [0.29, 0.717) is 11.3 Å². The molecule has 0 spiro atoms. The Kier molecular flexibility index (Phi) is 8.91. The minimum atomic E-state index is -1.29. The average molecular weight is 500 g/mol. The van der Waals surface area contributed by atoms with E-state index >= 15 is 0 Å². The van der Waals surface area contributed by atoms with Crippen LogP contribution in [0, 0.1) is 10.8 Å². The van der Waals surface area contributed by atoms with Gasteiger partial charge >= 0.3 is 11.9 Å². The van der Waals surface area contributed by atoms with E-state index in [2.05, 4.69) is 5.32 Å². The average Bonchev–Trinajstić information content (AvgIpc) is 2.78. The summed E-state index contributed by atoms with van der Waals surface area (Å²) < 4.78 is 16.6. The SMILES string of the molecule is CC(C)(C)C(=O)Oc1ccc(C(C)(C)C(O)NC(=O)COc2ccccc2)cc1OC(=O)C(C)(C)C. The van der Waals surface area contributed by atoms with Crippen LogP contribution in [0.4, 0.5) is 0 Å². The first-order valence-electron chi connectivity index (χ1n) is 11.8. The van der Waals surface area contributed by atoms with Crippen molar-refractivity contribution in [2.75, 3.05) is 6.61 Å². The molecule has 2 N–H and O–H groups in total. The normalized spacial score (nSPS) is 12.9. The molecule has 1 unspecified atom stereocenters. The van der Waals surface area contributed by atoms with E-state index in [-0.39, 0.29) is 18.1 Å². The van der Waals surface area contributed by atoms with Gasteiger partial charge < -0.3 is 24.6 Å². The first-order valence-corrected chi connectivity index (χ1v) is 11.8. The number of amides is 1. The molecule has 2 aromatic carbocycles. The minimum absolute atomic E-state index is 0.0454. The predicted molar refractivity (Wildman–Crippen MR) is 136 cm³/mol. The van der Waals surface area contributed by atoms with Crippen LogP contribution in [0.5, 0.6) is 17.2 Å². The quantitative estimate of drug-likeness (QED) is 0.315. The number of carbonyl (C=O) groups is 3. The van der Waals surface area contributed by atoms with Crippen molar-refractivity contribution in [1.29, 1.82) is 0 Å². The number of carbonyl (C=O) groups excluding carboxylic acids is 3. The van der Waals surface area contributed by atoms with Gasteiger partial charge in [-0.3, -0.25) is 14.4 Å². The zero-order valence-electron chi connectivity index (χ0n) is 22.3.